The van der Waals surface area contributed by atoms with Gasteiger partial charge in [0, 0.05) is 12.3 Å². The number of carboxylic acids is 1. The number of carbonyl (C=O) groups excluding carboxylic acids is 1. The van der Waals surface area contributed by atoms with Gasteiger partial charge in [0.05, 0.1) is 0 Å². The van der Waals surface area contributed by atoms with Crippen molar-refractivity contribution in [2.45, 2.75) is 77.2 Å². The number of hydrogen-bond acceptors (Lipinski definition) is 2. The second-order valence-corrected chi connectivity index (χ2v) is 6.25. The first-order chi connectivity index (χ1) is 10.4. The lowest BCUT2D eigenvalue weighted by atomic mass is 9.81. The van der Waals surface area contributed by atoms with Crippen molar-refractivity contribution in [3.63, 3.8) is 0 Å². The molecule has 2 atom stereocenters. The first-order valence-corrected chi connectivity index (χ1v) is 8.25. The zero-order valence-corrected chi connectivity index (χ0v) is 13.2. The number of carboxylic acid groups (broad SMARTS) is 1. The van der Waals surface area contributed by atoms with Gasteiger partial charge in [0.1, 0.15) is 6.04 Å². The Bertz CT molecular complexity index is 357. The van der Waals surface area contributed by atoms with Crippen LogP contribution in [0.25, 0.3) is 0 Å². The summed E-state index contributed by atoms with van der Waals surface area (Å²) in [6.45, 7) is 1.97. The number of halogens is 2. The van der Waals surface area contributed by atoms with Crippen molar-refractivity contribution < 1.29 is 23.5 Å². The van der Waals surface area contributed by atoms with Crippen molar-refractivity contribution in [3.05, 3.63) is 0 Å². The van der Waals surface area contributed by atoms with Gasteiger partial charge in [-0.25, -0.2) is 13.6 Å². The summed E-state index contributed by atoms with van der Waals surface area (Å²) in [5.41, 5.74) is 0. The topological polar surface area (TPSA) is 66.4 Å². The van der Waals surface area contributed by atoms with E-state index in [4.69, 9.17) is 5.11 Å². The molecule has 0 heterocycles. The van der Waals surface area contributed by atoms with E-state index < -0.39 is 24.9 Å². The molecular formula is C16H27F2NO3. The van der Waals surface area contributed by atoms with E-state index in [1.54, 1.807) is 0 Å². The molecule has 1 fully saturated rings. The molecule has 128 valence electrons. The minimum Gasteiger partial charge on any atom is -0.480 e. The molecule has 0 aliphatic heterocycles. The number of rotatable bonds is 9. The quantitative estimate of drug-likeness (QED) is 0.682. The normalized spacial score (nSPS) is 18.9. The van der Waals surface area contributed by atoms with Gasteiger partial charge in [0.15, 0.2) is 0 Å². The van der Waals surface area contributed by atoms with Crippen LogP contribution in [0.3, 0.4) is 0 Å². The lowest BCUT2D eigenvalue weighted by molar-refractivity contribution is -0.143. The number of aliphatic carboxylic acids is 1. The van der Waals surface area contributed by atoms with Gasteiger partial charge in [-0.3, -0.25) is 4.79 Å². The van der Waals surface area contributed by atoms with Crippen molar-refractivity contribution in [2.24, 2.45) is 11.8 Å². The van der Waals surface area contributed by atoms with Crippen molar-refractivity contribution in [3.8, 4) is 0 Å². The molecule has 0 spiro atoms. The maximum absolute atomic E-state index is 12.4. The summed E-state index contributed by atoms with van der Waals surface area (Å²) in [6, 6.07) is -1.50. The van der Waals surface area contributed by atoms with E-state index in [9.17, 15) is 18.4 Å². The minimum atomic E-state index is -2.75. The van der Waals surface area contributed by atoms with Gasteiger partial charge in [-0.2, -0.15) is 0 Å². The molecule has 4 nitrogen and oxygen atoms in total. The highest BCUT2D eigenvalue weighted by atomic mass is 19.3. The van der Waals surface area contributed by atoms with Crippen LogP contribution in [0, 0.1) is 11.8 Å². The van der Waals surface area contributed by atoms with Crippen LogP contribution >= 0.6 is 0 Å². The summed E-state index contributed by atoms with van der Waals surface area (Å²) in [6.07, 6.45) is 4.42. The number of hydrogen-bond donors (Lipinski definition) is 2. The van der Waals surface area contributed by atoms with Gasteiger partial charge in [0.25, 0.3) is 0 Å². The zero-order valence-electron chi connectivity index (χ0n) is 13.2. The molecule has 1 saturated carbocycles. The molecule has 0 saturated heterocycles. The summed E-state index contributed by atoms with van der Waals surface area (Å²) in [4.78, 5) is 23.3. The predicted molar refractivity (Wildman–Crippen MR) is 79.8 cm³/mol. The SMILES string of the molecule is CCCC(CC1CCCCC1)C(=O)NC(CC(F)F)C(=O)O. The van der Waals surface area contributed by atoms with Gasteiger partial charge >= 0.3 is 5.97 Å². The van der Waals surface area contributed by atoms with Crippen molar-refractivity contribution >= 4 is 11.9 Å². The van der Waals surface area contributed by atoms with E-state index in [1.807, 2.05) is 6.92 Å². The van der Waals surface area contributed by atoms with E-state index in [1.165, 1.54) is 19.3 Å². The van der Waals surface area contributed by atoms with Crippen LogP contribution in [0.15, 0.2) is 0 Å². The molecule has 22 heavy (non-hydrogen) atoms. The Morgan fingerprint density at radius 2 is 1.86 bits per heavy atom. The fourth-order valence-corrected chi connectivity index (χ4v) is 3.22. The Hall–Kier alpha value is -1.20. The number of nitrogens with one attached hydrogen (secondary N) is 1. The molecule has 1 aliphatic rings. The average molecular weight is 319 g/mol. The van der Waals surface area contributed by atoms with Crippen LogP contribution in [0.4, 0.5) is 8.78 Å². The Morgan fingerprint density at radius 1 is 1.23 bits per heavy atom. The Morgan fingerprint density at radius 3 is 2.36 bits per heavy atom. The van der Waals surface area contributed by atoms with Crippen molar-refractivity contribution in [1.29, 1.82) is 0 Å². The van der Waals surface area contributed by atoms with Gasteiger partial charge in [-0.1, -0.05) is 45.4 Å². The smallest absolute Gasteiger partial charge is 0.326 e. The number of carbonyl (C=O) groups is 2. The molecule has 6 heteroatoms. The molecule has 2 N–H and O–H groups in total. The summed E-state index contributed by atoms with van der Waals surface area (Å²) < 4.78 is 24.8. The fraction of sp³-hybridized carbons (Fsp3) is 0.875. The molecule has 0 aromatic carbocycles. The van der Waals surface area contributed by atoms with E-state index in [-0.39, 0.29) is 11.8 Å². The monoisotopic (exact) mass is 319 g/mol. The molecule has 0 radical (unpaired) electrons. The van der Waals surface area contributed by atoms with E-state index in [0.717, 1.165) is 25.7 Å². The first-order valence-electron chi connectivity index (χ1n) is 8.25. The van der Waals surface area contributed by atoms with Crippen LogP contribution in [0.5, 0.6) is 0 Å². The molecule has 2 unspecified atom stereocenters. The highest BCUT2D eigenvalue weighted by Gasteiger charge is 2.29. The third-order valence-corrected chi connectivity index (χ3v) is 4.38. The van der Waals surface area contributed by atoms with E-state index >= 15 is 0 Å². The molecule has 0 bridgehead atoms. The standard InChI is InChI=1S/C16H27F2NO3/c1-2-6-12(9-11-7-4-3-5-8-11)15(20)19-13(16(21)22)10-14(17)18/h11-14H,2-10H2,1H3,(H,19,20)(H,21,22). The summed E-state index contributed by atoms with van der Waals surface area (Å²) in [5, 5.41) is 11.3. The predicted octanol–water partition coefficient (Wildman–Crippen LogP) is 3.60. The van der Waals surface area contributed by atoms with E-state index in [2.05, 4.69) is 5.32 Å². The molecule has 1 aliphatic carbocycles. The van der Waals surface area contributed by atoms with Crippen LogP contribution < -0.4 is 5.32 Å². The maximum Gasteiger partial charge on any atom is 0.326 e. The Kier molecular flexibility index (Phi) is 8.35. The van der Waals surface area contributed by atoms with Crippen LogP contribution in [0.1, 0.15) is 64.7 Å². The van der Waals surface area contributed by atoms with Crippen molar-refractivity contribution in [2.75, 3.05) is 0 Å². The molecule has 0 aromatic heterocycles. The molecular weight excluding hydrogens is 292 g/mol. The van der Waals surface area contributed by atoms with Gasteiger partial charge in [0.2, 0.25) is 12.3 Å². The lowest BCUT2D eigenvalue weighted by Gasteiger charge is -2.26. The van der Waals surface area contributed by atoms with Crippen molar-refractivity contribution in [1.82, 2.24) is 5.32 Å². The van der Waals surface area contributed by atoms with E-state index in [0.29, 0.717) is 12.3 Å². The zero-order chi connectivity index (χ0) is 16.5. The second kappa shape index (κ2) is 9.74. The summed E-state index contributed by atoms with van der Waals surface area (Å²) in [5.74, 6) is -1.57. The summed E-state index contributed by atoms with van der Waals surface area (Å²) >= 11 is 0. The van der Waals surface area contributed by atoms with Crippen LogP contribution in [0.2, 0.25) is 0 Å². The van der Waals surface area contributed by atoms with Gasteiger partial charge in [-0.15, -0.1) is 0 Å². The number of alkyl halides is 2. The highest BCUT2D eigenvalue weighted by Crippen LogP contribution is 2.30. The van der Waals surface area contributed by atoms with Gasteiger partial charge in [-0.05, 0) is 18.8 Å². The largest absolute Gasteiger partial charge is 0.480 e. The Balaban J connectivity index is 2.59. The molecule has 1 amide bonds. The lowest BCUT2D eigenvalue weighted by Crippen LogP contribution is -2.45. The van der Waals surface area contributed by atoms with Gasteiger partial charge < -0.3 is 10.4 Å². The fourth-order valence-electron chi connectivity index (χ4n) is 3.22. The minimum absolute atomic E-state index is 0.271. The van der Waals surface area contributed by atoms with Crippen LogP contribution in [-0.2, 0) is 9.59 Å². The average Bonchev–Trinajstić information content (AvgIpc) is 2.46. The van der Waals surface area contributed by atoms with Crippen LogP contribution in [-0.4, -0.2) is 29.5 Å². The highest BCUT2D eigenvalue weighted by molar-refractivity contribution is 5.84. The second-order valence-electron chi connectivity index (χ2n) is 6.25. The number of amides is 1. The molecule has 1 rings (SSSR count). The third-order valence-electron chi connectivity index (χ3n) is 4.38. The molecule has 0 aromatic rings. The third kappa shape index (κ3) is 6.71. The first kappa shape index (κ1) is 18.8. The Labute approximate surface area is 130 Å². The summed E-state index contributed by atoms with van der Waals surface area (Å²) in [7, 11) is 0. The maximum atomic E-state index is 12.4.